The van der Waals surface area contributed by atoms with E-state index in [2.05, 4.69) is 0 Å². The number of amides is 1. The molecule has 1 amide bonds. The summed E-state index contributed by atoms with van der Waals surface area (Å²) in [6.07, 6.45) is -5.08. The molecule has 0 radical (unpaired) electrons. The second-order valence-corrected chi connectivity index (χ2v) is 3.03. The van der Waals surface area contributed by atoms with Gasteiger partial charge in [0.2, 0.25) is 0 Å². The Balaban J connectivity index is 2.73. The fourth-order valence-electron chi connectivity index (χ4n) is 1.50. The lowest BCUT2D eigenvalue weighted by Gasteiger charge is -2.34. The van der Waals surface area contributed by atoms with Crippen LogP contribution in [0.4, 0.5) is 18.0 Å². The Morgan fingerprint density at radius 2 is 2.00 bits per heavy atom. The third kappa shape index (κ3) is 2.26. The standard InChI is InChI=1S/C7H10F3NO2/c8-7(9,10)5-3-1-2-4-11(5)6(12)13/h5H,1-4H2,(H,12,13). The molecule has 1 unspecified atom stereocenters. The average molecular weight is 197 g/mol. The zero-order valence-corrected chi connectivity index (χ0v) is 6.84. The molecular weight excluding hydrogens is 187 g/mol. The normalized spacial score (nSPS) is 24.5. The van der Waals surface area contributed by atoms with E-state index in [9.17, 15) is 18.0 Å². The van der Waals surface area contributed by atoms with Gasteiger partial charge in [0.05, 0.1) is 0 Å². The average Bonchev–Trinajstić information content (AvgIpc) is 2.03. The van der Waals surface area contributed by atoms with E-state index in [0.29, 0.717) is 17.7 Å². The van der Waals surface area contributed by atoms with Gasteiger partial charge in [-0.25, -0.2) is 4.79 Å². The number of carbonyl (C=O) groups is 1. The van der Waals surface area contributed by atoms with E-state index >= 15 is 0 Å². The predicted molar refractivity (Wildman–Crippen MR) is 38.4 cm³/mol. The van der Waals surface area contributed by atoms with Crippen LogP contribution in [0.5, 0.6) is 0 Å². The molecule has 76 valence electrons. The number of nitrogens with zero attached hydrogens (tertiary/aromatic N) is 1. The maximum atomic E-state index is 12.2. The van der Waals surface area contributed by atoms with E-state index in [0.717, 1.165) is 0 Å². The molecule has 1 N–H and O–H groups in total. The van der Waals surface area contributed by atoms with Gasteiger partial charge in [0.15, 0.2) is 0 Å². The fourth-order valence-corrected chi connectivity index (χ4v) is 1.50. The summed E-state index contributed by atoms with van der Waals surface area (Å²) in [7, 11) is 0. The van der Waals surface area contributed by atoms with Gasteiger partial charge in [-0.3, -0.25) is 4.90 Å². The minimum absolute atomic E-state index is 0.0144. The number of alkyl halides is 3. The molecule has 0 aromatic carbocycles. The largest absolute Gasteiger partial charge is 0.465 e. The minimum Gasteiger partial charge on any atom is -0.465 e. The number of halogens is 3. The lowest BCUT2D eigenvalue weighted by Crippen LogP contribution is -2.50. The smallest absolute Gasteiger partial charge is 0.408 e. The second-order valence-electron chi connectivity index (χ2n) is 3.03. The second kappa shape index (κ2) is 3.43. The number of hydrogen-bond donors (Lipinski definition) is 1. The van der Waals surface area contributed by atoms with Crippen molar-refractivity contribution in [3.05, 3.63) is 0 Å². The predicted octanol–water partition coefficient (Wildman–Crippen LogP) is 2.08. The summed E-state index contributed by atoms with van der Waals surface area (Å²) in [6.45, 7) is -0.0144. The number of hydrogen-bond acceptors (Lipinski definition) is 1. The maximum Gasteiger partial charge on any atom is 0.408 e. The van der Waals surface area contributed by atoms with Crippen LogP contribution < -0.4 is 0 Å². The van der Waals surface area contributed by atoms with Crippen LogP contribution >= 0.6 is 0 Å². The highest BCUT2D eigenvalue weighted by molar-refractivity contribution is 5.65. The molecule has 0 aliphatic carbocycles. The first-order valence-corrected chi connectivity index (χ1v) is 3.99. The first kappa shape index (κ1) is 10.1. The van der Waals surface area contributed by atoms with Crippen molar-refractivity contribution >= 4 is 6.09 Å². The Hall–Kier alpha value is -0.940. The zero-order chi connectivity index (χ0) is 10.1. The van der Waals surface area contributed by atoms with Crippen LogP contribution in [0, 0.1) is 0 Å². The van der Waals surface area contributed by atoms with Crippen LogP contribution in [0.1, 0.15) is 19.3 Å². The molecule has 0 spiro atoms. The molecule has 1 aliphatic rings. The van der Waals surface area contributed by atoms with E-state index in [4.69, 9.17) is 5.11 Å². The monoisotopic (exact) mass is 197 g/mol. The lowest BCUT2D eigenvalue weighted by atomic mass is 10.0. The lowest BCUT2D eigenvalue weighted by molar-refractivity contribution is -0.184. The van der Waals surface area contributed by atoms with Gasteiger partial charge in [-0.05, 0) is 19.3 Å². The summed E-state index contributed by atoms with van der Waals surface area (Å²) >= 11 is 0. The van der Waals surface area contributed by atoms with Gasteiger partial charge in [0.25, 0.3) is 0 Å². The molecule has 1 rings (SSSR count). The first-order chi connectivity index (χ1) is 5.93. The summed E-state index contributed by atoms with van der Waals surface area (Å²) in [5.41, 5.74) is 0. The fraction of sp³-hybridized carbons (Fsp3) is 0.857. The van der Waals surface area contributed by atoms with Crippen molar-refractivity contribution in [3.63, 3.8) is 0 Å². The van der Waals surface area contributed by atoms with Crippen molar-refractivity contribution < 1.29 is 23.1 Å². The third-order valence-corrected chi connectivity index (χ3v) is 2.13. The third-order valence-electron chi connectivity index (χ3n) is 2.13. The van der Waals surface area contributed by atoms with Gasteiger partial charge < -0.3 is 5.11 Å². The highest BCUT2D eigenvalue weighted by Gasteiger charge is 2.46. The van der Waals surface area contributed by atoms with E-state index in [-0.39, 0.29) is 13.0 Å². The number of piperidine rings is 1. The number of likely N-dealkylation sites (tertiary alicyclic amines) is 1. The molecule has 13 heavy (non-hydrogen) atoms. The van der Waals surface area contributed by atoms with Gasteiger partial charge in [-0.2, -0.15) is 13.2 Å². The summed E-state index contributed by atoms with van der Waals surface area (Å²) < 4.78 is 36.7. The van der Waals surface area contributed by atoms with Crippen molar-refractivity contribution in [3.8, 4) is 0 Å². The van der Waals surface area contributed by atoms with Crippen molar-refractivity contribution in [2.75, 3.05) is 6.54 Å². The molecule has 1 saturated heterocycles. The summed E-state index contributed by atoms with van der Waals surface area (Å²) in [5, 5.41) is 8.50. The van der Waals surface area contributed by atoms with Crippen molar-refractivity contribution in [1.82, 2.24) is 4.90 Å². The SMILES string of the molecule is O=C(O)N1CCCCC1C(F)(F)F. The Labute approximate surface area is 73.1 Å². The summed E-state index contributed by atoms with van der Waals surface area (Å²) in [4.78, 5) is 10.9. The molecule has 3 nitrogen and oxygen atoms in total. The Morgan fingerprint density at radius 1 is 1.38 bits per heavy atom. The van der Waals surface area contributed by atoms with Crippen LogP contribution in [0.25, 0.3) is 0 Å². The minimum atomic E-state index is -4.43. The van der Waals surface area contributed by atoms with Crippen LogP contribution in [-0.4, -0.2) is 34.9 Å². The van der Waals surface area contributed by atoms with Crippen molar-refractivity contribution in [1.29, 1.82) is 0 Å². The molecular formula is C7H10F3NO2. The van der Waals surface area contributed by atoms with Gasteiger partial charge in [-0.15, -0.1) is 0 Å². The van der Waals surface area contributed by atoms with Crippen molar-refractivity contribution in [2.45, 2.75) is 31.5 Å². The van der Waals surface area contributed by atoms with E-state index < -0.39 is 18.3 Å². The van der Waals surface area contributed by atoms with E-state index in [1.807, 2.05) is 0 Å². The molecule has 0 saturated carbocycles. The number of carboxylic acid groups (broad SMARTS) is 1. The Morgan fingerprint density at radius 3 is 2.38 bits per heavy atom. The molecule has 0 aromatic heterocycles. The number of rotatable bonds is 0. The molecule has 1 atom stereocenters. The van der Waals surface area contributed by atoms with E-state index in [1.54, 1.807) is 0 Å². The molecule has 1 aliphatic heterocycles. The highest BCUT2D eigenvalue weighted by Crippen LogP contribution is 2.31. The van der Waals surface area contributed by atoms with E-state index in [1.165, 1.54) is 0 Å². The molecule has 6 heteroatoms. The maximum absolute atomic E-state index is 12.2. The first-order valence-electron chi connectivity index (χ1n) is 3.99. The van der Waals surface area contributed by atoms with Gasteiger partial charge in [0, 0.05) is 6.54 Å². The van der Waals surface area contributed by atoms with Crippen LogP contribution in [-0.2, 0) is 0 Å². The summed E-state index contributed by atoms with van der Waals surface area (Å²) in [5.74, 6) is 0. The highest BCUT2D eigenvalue weighted by atomic mass is 19.4. The Kier molecular flexibility index (Phi) is 2.68. The van der Waals surface area contributed by atoms with Gasteiger partial charge in [-0.1, -0.05) is 0 Å². The van der Waals surface area contributed by atoms with Gasteiger partial charge >= 0.3 is 12.3 Å². The molecule has 1 fully saturated rings. The Bertz CT molecular complexity index is 204. The topological polar surface area (TPSA) is 40.5 Å². The van der Waals surface area contributed by atoms with Gasteiger partial charge in [0.1, 0.15) is 6.04 Å². The molecule has 0 aromatic rings. The molecule has 1 heterocycles. The van der Waals surface area contributed by atoms with Crippen LogP contribution in [0.2, 0.25) is 0 Å². The van der Waals surface area contributed by atoms with Crippen LogP contribution in [0.15, 0.2) is 0 Å². The van der Waals surface area contributed by atoms with Crippen molar-refractivity contribution in [2.24, 2.45) is 0 Å². The summed E-state index contributed by atoms with van der Waals surface area (Å²) in [6, 6.07) is -1.81. The zero-order valence-electron chi connectivity index (χ0n) is 6.84. The quantitative estimate of drug-likeness (QED) is 0.645. The van der Waals surface area contributed by atoms with Crippen LogP contribution in [0.3, 0.4) is 0 Å². The molecule has 0 bridgehead atoms.